The fourth-order valence-corrected chi connectivity index (χ4v) is 4.64. The van der Waals surface area contributed by atoms with E-state index in [0.717, 1.165) is 35.2 Å². The topological polar surface area (TPSA) is 26.3 Å². The second-order valence-electron chi connectivity index (χ2n) is 7.44. The van der Waals surface area contributed by atoms with Crippen LogP contribution in [0.5, 0.6) is 0 Å². The summed E-state index contributed by atoms with van der Waals surface area (Å²) in [4.78, 5) is 13.4. The number of methoxy groups -OCH3 is 1. The molecule has 0 fully saturated rings. The lowest BCUT2D eigenvalue weighted by Crippen LogP contribution is -2.34. The lowest BCUT2D eigenvalue weighted by molar-refractivity contribution is 0.0101. The SMILES string of the molecule is COC(C)(C(=O)c1ccc(-c2ccc(CP)c(CP)c2)cc1)c1ccc(CP)cc1. The lowest BCUT2D eigenvalue weighted by atomic mass is 9.86. The Bertz CT molecular complexity index is 1010. The van der Waals surface area contributed by atoms with Crippen molar-refractivity contribution in [1.29, 1.82) is 0 Å². The van der Waals surface area contributed by atoms with E-state index in [1.807, 2.05) is 55.5 Å². The molecule has 0 aliphatic carbocycles. The van der Waals surface area contributed by atoms with Crippen molar-refractivity contribution in [3.05, 3.63) is 94.5 Å². The van der Waals surface area contributed by atoms with E-state index in [0.29, 0.717) is 5.56 Å². The Labute approximate surface area is 186 Å². The summed E-state index contributed by atoms with van der Waals surface area (Å²) >= 11 is 0. The number of ether oxygens (including phenoxy) is 1. The largest absolute Gasteiger partial charge is 0.366 e. The lowest BCUT2D eigenvalue weighted by Gasteiger charge is -2.27. The zero-order valence-electron chi connectivity index (χ0n) is 17.5. The molecule has 0 bridgehead atoms. The van der Waals surface area contributed by atoms with E-state index in [-0.39, 0.29) is 5.78 Å². The second kappa shape index (κ2) is 10.3. The summed E-state index contributed by atoms with van der Waals surface area (Å²) in [5.41, 5.74) is 6.62. The van der Waals surface area contributed by atoms with E-state index in [4.69, 9.17) is 4.74 Å². The van der Waals surface area contributed by atoms with Crippen LogP contribution in [0.2, 0.25) is 0 Å². The third-order valence-electron chi connectivity index (χ3n) is 5.71. The van der Waals surface area contributed by atoms with Gasteiger partial charge >= 0.3 is 0 Å². The van der Waals surface area contributed by atoms with Gasteiger partial charge in [-0.3, -0.25) is 4.79 Å². The Morgan fingerprint density at radius 2 is 1.40 bits per heavy atom. The van der Waals surface area contributed by atoms with E-state index in [9.17, 15) is 4.79 Å². The molecule has 0 N–H and O–H groups in total. The minimum absolute atomic E-state index is 0.0424. The number of hydrogen-bond donors (Lipinski definition) is 0. The van der Waals surface area contributed by atoms with Crippen molar-refractivity contribution >= 4 is 33.5 Å². The molecule has 2 nitrogen and oxygen atoms in total. The van der Waals surface area contributed by atoms with Gasteiger partial charge in [0.1, 0.15) is 0 Å². The quantitative estimate of drug-likeness (QED) is 0.298. The van der Waals surface area contributed by atoms with Gasteiger partial charge in [-0.15, -0.1) is 27.7 Å². The molecule has 5 heteroatoms. The summed E-state index contributed by atoms with van der Waals surface area (Å²) in [6, 6.07) is 22.4. The van der Waals surface area contributed by atoms with Gasteiger partial charge in [0.05, 0.1) is 0 Å². The van der Waals surface area contributed by atoms with Crippen LogP contribution in [0, 0.1) is 0 Å². The van der Waals surface area contributed by atoms with E-state index >= 15 is 0 Å². The van der Waals surface area contributed by atoms with Gasteiger partial charge in [-0.25, -0.2) is 0 Å². The minimum atomic E-state index is -1.02. The zero-order chi connectivity index (χ0) is 21.7. The second-order valence-corrected chi connectivity index (χ2v) is 8.66. The van der Waals surface area contributed by atoms with Crippen molar-refractivity contribution in [2.45, 2.75) is 31.0 Å². The number of ketones is 1. The molecule has 4 atom stereocenters. The molecule has 30 heavy (non-hydrogen) atoms. The maximum absolute atomic E-state index is 13.4. The maximum atomic E-state index is 13.4. The van der Waals surface area contributed by atoms with Crippen LogP contribution in [-0.2, 0) is 28.8 Å². The van der Waals surface area contributed by atoms with E-state index in [2.05, 4.69) is 45.9 Å². The molecule has 0 aromatic heterocycles. The average molecular weight is 454 g/mol. The Morgan fingerprint density at radius 1 is 0.800 bits per heavy atom. The molecular formula is C25H29O2P3. The minimum Gasteiger partial charge on any atom is -0.366 e. The van der Waals surface area contributed by atoms with Gasteiger partial charge in [-0.1, -0.05) is 66.7 Å². The standard InChI is InChI=1S/C25H29O2P3/c1-25(27-2,23-11-3-17(14-28)4-12-23)24(26)19-7-5-18(6-8-19)20-9-10-21(15-29)22(13-20)16-30/h3-13H,14-16,28-30H2,1-2H3. The third kappa shape index (κ3) is 4.74. The molecule has 0 aliphatic rings. The molecule has 0 heterocycles. The van der Waals surface area contributed by atoms with Gasteiger partial charge < -0.3 is 4.74 Å². The Balaban J connectivity index is 1.89. The van der Waals surface area contributed by atoms with Crippen LogP contribution in [0.3, 0.4) is 0 Å². The zero-order valence-corrected chi connectivity index (χ0v) is 21.0. The maximum Gasteiger partial charge on any atom is 0.198 e. The highest BCUT2D eigenvalue weighted by Crippen LogP contribution is 2.31. The van der Waals surface area contributed by atoms with Gasteiger partial charge in [0.15, 0.2) is 11.4 Å². The normalized spacial score (nSPS) is 13.1. The summed E-state index contributed by atoms with van der Waals surface area (Å²) in [5.74, 6) is -0.0424. The molecule has 0 radical (unpaired) electrons. The number of benzene rings is 3. The van der Waals surface area contributed by atoms with Gasteiger partial charge in [0.25, 0.3) is 0 Å². The van der Waals surface area contributed by atoms with E-state index in [1.165, 1.54) is 16.7 Å². The highest BCUT2D eigenvalue weighted by molar-refractivity contribution is 7.16. The first-order valence-electron chi connectivity index (χ1n) is 9.98. The summed E-state index contributed by atoms with van der Waals surface area (Å²) in [6.45, 7) is 1.84. The first-order valence-corrected chi connectivity index (χ1v) is 12.4. The van der Waals surface area contributed by atoms with Crippen molar-refractivity contribution in [3.8, 4) is 11.1 Å². The van der Waals surface area contributed by atoms with Crippen LogP contribution in [0.1, 0.15) is 39.5 Å². The van der Waals surface area contributed by atoms with Crippen molar-refractivity contribution < 1.29 is 9.53 Å². The first kappa shape index (κ1) is 23.2. The van der Waals surface area contributed by atoms with Crippen LogP contribution in [0.4, 0.5) is 0 Å². The number of rotatable bonds is 8. The molecule has 0 amide bonds. The van der Waals surface area contributed by atoms with Crippen LogP contribution in [-0.4, -0.2) is 12.9 Å². The number of carbonyl (C=O) groups is 1. The van der Waals surface area contributed by atoms with Crippen molar-refractivity contribution in [3.63, 3.8) is 0 Å². The highest BCUT2D eigenvalue weighted by atomic mass is 31.0. The number of Topliss-reactive ketones (excluding diaryl/α,β-unsaturated/α-hetero) is 1. The highest BCUT2D eigenvalue weighted by Gasteiger charge is 2.35. The number of carbonyl (C=O) groups excluding carboxylic acids is 1. The molecular weight excluding hydrogens is 425 g/mol. The molecule has 156 valence electrons. The molecule has 0 spiro atoms. The first-order chi connectivity index (χ1) is 14.5. The molecule has 3 aromatic carbocycles. The van der Waals surface area contributed by atoms with Crippen molar-refractivity contribution in [1.82, 2.24) is 0 Å². The van der Waals surface area contributed by atoms with Gasteiger partial charge in [0, 0.05) is 12.7 Å². The average Bonchev–Trinajstić information content (AvgIpc) is 2.82. The Hall–Kier alpha value is -1.42. The van der Waals surface area contributed by atoms with Gasteiger partial charge in [-0.05, 0) is 58.8 Å². The Morgan fingerprint density at radius 3 is 1.93 bits per heavy atom. The van der Waals surface area contributed by atoms with Gasteiger partial charge in [0.2, 0.25) is 0 Å². The molecule has 3 aromatic rings. The molecule has 4 unspecified atom stereocenters. The molecule has 0 saturated carbocycles. The van der Waals surface area contributed by atoms with Crippen LogP contribution >= 0.6 is 27.7 Å². The third-order valence-corrected chi connectivity index (χ3v) is 7.06. The summed E-state index contributed by atoms with van der Waals surface area (Å²) in [5, 5.41) is 0. The number of hydrogen-bond acceptors (Lipinski definition) is 2. The molecule has 0 saturated heterocycles. The van der Waals surface area contributed by atoms with E-state index < -0.39 is 5.60 Å². The smallest absolute Gasteiger partial charge is 0.198 e. The molecule has 3 rings (SSSR count). The van der Waals surface area contributed by atoms with Crippen molar-refractivity contribution in [2.24, 2.45) is 0 Å². The Kier molecular flexibility index (Phi) is 7.95. The summed E-state index contributed by atoms with van der Waals surface area (Å²) in [6.07, 6.45) is 2.76. The van der Waals surface area contributed by atoms with Crippen LogP contribution < -0.4 is 0 Å². The fraction of sp³-hybridized carbons (Fsp3) is 0.240. The summed E-state index contributed by atoms with van der Waals surface area (Å²) < 4.78 is 5.73. The van der Waals surface area contributed by atoms with Gasteiger partial charge in [-0.2, -0.15) is 0 Å². The monoisotopic (exact) mass is 454 g/mol. The summed E-state index contributed by atoms with van der Waals surface area (Å²) in [7, 11) is 9.90. The van der Waals surface area contributed by atoms with Crippen molar-refractivity contribution in [2.75, 3.05) is 7.11 Å². The van der Waals surface area contributed by atoms with Crippen LogP contribution in [0.15, 0.2) is 66.7 Å². The predicted molar refractivity (Wildman–Crippen MR) is 137 cm³/mol. The van der Waals surface area contributed by atoms with Crippen LogP contribution in [0.25, 0.3) is 11.1 Å². The predicted octanol–water partition coefficient (Wildman–Crippen LogP) is 6.22. The molecule has 0 aliphatic heterocycles. The van der Waals surface area contributed by atoms with E-state index in [1.54, 1.807) is 7.11 Å². The fourth-order valence-electron chi connectivity index (χ4n) is 3.58.